The predicted octanol–water partition coefficient (Wildman–Crippen LogP) is 1.93. The summed E-state index contributed by atoms with van der Waals surface area (Å²) in [6.45, 7) is 4.80. The fraction of sp³-hybridized carbons (Fsp3) is 0.706. The molecule has 23 heavy (non-hydrogen) atoms. The monoisotopic (exact) mass is 319 g/mol. The van der Waals surface area contributed by atoms with Gasteiger partial charge in [-0.3, -0.25) is 4.79 Å². The van der Waals surface area contributed by atoms with Crippen molar-refractivity contribution in [1.82, 2.24) is 20.2 Å². The summed E-state index contributed by atoms with van der Waals surface area (Å²) in [5.74, 6) is 0.579. The van der Waals surface area contributed by atoms with Crippen molar-refractivity contribution in [2.45, 2.75) is 45.1 Å². The van der Waals surface area contributed by atoms with Crippen molar-refractivity contribution < 1.29 is 4.79 Å². The lowest BCUT2D eigenvalue weighted by Crippen LogP contribution is -2.40. The number of hydrogen-bond acceptors (Lipinski definition) is 5. The van der Waals surface area contributed by atoms with Gasteiger partial charge < -0.3 is 15.1 Å². The zero-order chi connectivity index (χ0) is 16.7. The zero-order valence-corrected chi connectivity index (χ0v) is 14.6. The fourth-order valence-corrected chi connectivity index (χ4v) is 2.99. The van der Waals surface area contributed by atoms with Crippen LogP contribution in [-0.2, 0) is 0 Å². The first-order valence-corrected chi connectivity index (χ1v) is 8.64. The Morgan fingerprint density at radius 2 is 2.26 bits per heavy atom. The van der Waals surface area contributed by atoms with Crippen LogP contribution in [0.5, 0.6) is 0 Å². The summed E-state index contributed by atoms with van der Waals surface area (Å²) in [6.07, 6.45) is 7.33. The van der Waals surface area contributed by atoms with Crippen molar-refractivity contribution in [3.8, 4) is 0 Å². The molecule has 1 aromatic heterocycles. The van der Waals surface area contributed by atoms with Crippen LogP contribution in [0, 0.1) is 0 Å². The highest BCUT2D eigenvalue weighted by Crippen LogP contribution is 2.23. The molecule has 1 atom stereocenters. The van der Waals surface area contributed by atoms with Crippen LogP contribution in [0.3, 0.4) is 0 Å². The number of carbonyl (C=O) groups is 1. The molecule has 6 nitrogen and oxygen atoms in total. The quantitative estimate of drug-likeness (QED) is 0.778. The molecular weight excluding hydrogens is 290 g/mol. The molecule has 0 saturated carbocycles. The zero-order valence-electron chi connectivity index (χ0n) is 14.6. The Hall–Kier alpha value is -1.69. The lowest BCUT2D eigenvalue weighted by molar-refractivity contribution is 0.0947. The SMILES string of the molecule is CCC1CCCCN1c1nccc(C(=O)NCCCN(C)C)n1. The maximum atomic E-state index is 12.2. The highest BCUT2D eigenvalue weighted by Gasteiger charge is 2.23. The van der Waals surface area contributed by atoms with E-state index in [4.69, 9.17) is 0 Å². The van der Waals surface area contributed by atoms with Gasteiger partial charge in [0, 0.05) is 25.3 Å². The van der Waals surface area contributed by atoms with E-state index < -0.39 is 0 Å². The Morgan fingerprint density at radius 3 is 3.00 bits per heavy atom. The molecule has 0 radical (unpaired) electrons. The van der Waals surface area contributed by atoms with E-state index in [0.29, 0.717) is 24.2 Å². The number of nitrogens with one attached hydrogen (secondary N) is 1. The van der Waals surface area contributed by atoms with Crippen LogP contribution in [0.15, 0.2) is 12.3 Å². The van der Waals surface area contributed by atoms with E-state index in [1.165, 1.54) is 19.3 Å². The highest BCUT2D eigenvalue weighted by atomic mass is 16.1. The van der Waals surface area contributed by atoms with E-state index in [-0.39, 0.29) is 5.91 Å². The van der Waals surface area contributed by atoms with Crippen LogP contribution in [0.1, 0.15) is 49.5 Å². The molecule has 0 aliphatic carbocycles. The summed E-state index contributed by atoms with van der Waals surface area (Å²) in [4.78, 5) is 25.5. The fourth-order valence-electron chi connectivity index (χ4n) is 2.99. The van der Waals surface area contributed by atoms with E-state index in [0.717, 1.165) is 25.9 Å². The molecule has 1 aliphatic heterocycles. The van der Waals surface area contributed by atoms with E-state index in [1.54, 1.807) is 12.3 Å². The van der Waals surface area contributed by atoms with E-state index in [1.807, 2.05) is 14.1 Å². The van der Waals surface area contributed by atoms with Gasteiger partial charge in [0.15, 0.2) is 0 Å². The van der Waals surface area contributed by atoms with Gasteiger partial charge in [0.1, 0.15) is 5.69 Å². The summed E-state index contributed by atoms with van der Waals surface area (Å²) in [6, 6.07) is 2.18. The number of nitrogens with zero attached hydrogens (tertiary/aromatic N) is 4. The first-order valence-electron chi connectivity index (χ1n) is 8.64. The van der Waals surface area contributed by atoms with Crippen molar-refractivity contribution in [2.75, 3.05) is 38.6 Å². The summed E-state index contributed by atoms with van der Waals surface area (Å²) in [5.41, 5.74) is 0.459. The molecule has 6 heteroatoms. The average molecular weight is 319 g/mol. The second kappa shape index (κ2) is 8.82. The molecule has 2 heterocycles. The van der Waals surface area contributed by atoms with Crippen LogP contribution < -0.4 is 10.2 Å². The number of hydrogen-bond donors (Lipinski definition) is 1. The molecule has 0 bridgehead atoms. The van der Waals surface area contributed by atoms with Crippen LogP contribution in [0.25, 0.3) is 0 Å². The van der Waals surface area contributed by atoms with Gasteiger partial charge in [0.05, 0.1) is 0 Å². The van der Waals surface area contributed by atoms with Gasteiger partial charge >= 0.3 is 0 Å². The first kappa shape index (κ1) is 17.7. The van der Waals surface area contributed by atoms with Crippen molar-refractivity contribution in [2.24, 2.45) is 0 Å². The number of anilines is 1. The van der Waals surface area contributed by atoms with E-state index >= 15 is 0 Å². The second-order valence-corrected chi connectivity index (χ2v) is 6.41. The van der Waals surface area contributed by atoms with Crippen LogP contribution in [0.4, 0.5) is 5.95 Å². The van der Waals surface area contributed by atoms with Crippen LogP contribution in [-0.4, -0.2) is 60.5 Å². The summed E-state index contributed by atoms with van der Waals surface area (Å²) in [5, 5.41) is 2.94. The number of aromatic nitrogens is 2. The standard InChI is InChI=1S/C17H29N5O/c1-4-14-8-5-6-13-22(14)17-19-11-9-15(20-17)16(23)18-10-7-12-21(2)3/h9,11,14H,4-8,10,12-13H2,1-3H3,(H,18,23). The highest BCUT2D eigenvalue weighted by molar-refractivity contribution is 5.92. The Balaban J connectivity index is 1.97. The molecule has 1 unspecified atom stereocenters. The van der Waals surface area contributed by atoms with Gasteiger partial charge in [-0.25, -0.2) is 9.97 Å². The molecule has 128 valence electrons. The Morgan fingerprint density at radius 1 is 1.43 bits per heavy atom. The number of carbonyl (C=O) groups excluding carboxylic acids is 1. The van der Waals surface area contributed by atoms with Gasteiger partial charge in [-0.2, -0.15) is 0 Å². The predicted molar refractivity (Wildman–Crippen MR) is 92.8 cm³/mol. The Labute approximate surface area is 139 Å². The largest absolute Gasteiger partial charge is 0.351 e. The van der Waals surface area contributed by atoms with Crippen molar-refractivity contribution >= 4 is 11.9 Å². The topological polar surface area (TPSA) is 61.4 Å². The Kier molecular flexibility index (Phi) is 6.77. The third kappa shape index (κ3) is 5.16. The lowest BCUT2D eigenvalue weighted by atomic mass is 10.0. The maximum Gasteiger partial charge on any atom is 0.270 e. The van der Waals surface area contributed by atoms with Gasteiger partial charge in [-0.15, -0.1) is 0 Å². The van der Waals surface area contributed by atoms with Gasteiger partial charge in [-0.05, 0) is 58.8 Å². The number of amides is 1. The van der Waals surface area contributed by atoms with Crippen molar-refractivity contribution in [3.63, 3.8) is 0 Å². The van der Waals surface area contributed by atoms with E-state index in [2.05, 4.69) is 32.0 Å². The average Bonchev–Trinajstić information content (AvgIpc) is 2.58. The normalized spacial score (nSPS) is 18.3. The third-order valence-electron chi connectivity index (χ3n) is 4.30. The summed E-state index contributed by atoms with van der Waals surface area (Å²) >= 11 is 0. The molecule has 0 spiro atoms. The van der Waals surface area contributed by atoms with Gasteiger partial charge in [-0.1, -0.05) is 6.92 Å². The molecule has 1 aromatic rings. The lowest BCUT2D eigenvalue weighted by Gasteiger charge is -2.35. The number of piperidine rings is 1. The minimum absolute atomic E-state index is 0.113. The Bertz CT molecular complexity index is 506. The third-order valence-corrected chi connectivity index (χ3v) is 4.30. The van der Waals surface area contributed by atoms with E-state index in [9.17, 15) is 4.79 Å². The number of rotatable bonds is 7. The molecule has 1 amide bonds. The minimum atomic E-state index is -0.113. The maximum absolute atomic E-state index is 12.2. The first-order chi connectivity index (χ1) is 11.1. The molecule has 1 saturated heterocycles. The molecular formula is C17H29N5O. The van der Waals surface area contributed by atoms with Gasteiger partial charge in [0.2, 0.25) is 5.95 Å². The van der Waals surface area contributed by atoms with Crippen LogP contribution >= 0.6 is 0 Å². The minimum Gasteiger partial charge on any atom is -0.351 e. The summed E-state index contributed by atoms with van der Waals surface area (Å²) < 4.78 is 0. The molecule has 2 rings (SSSR count). The van der Waals surface area contributed by atoms with Gasteiger partial charge in [0.25, 0.3) is 5.91 Å². The smallest absolute Gasteiger partial charge is 0.270 e. The summed E-state index contributed by atoms with van der Waals surface area (Å²) in [7, 11) is 4.06. The molecule has 0 aromatic carbocycles. The van der Waals surface area contributed by atoms with Crippen LogP contribution in [0.2, 0.25) is 0 Å². The van der Waals surface area contributed by atoms with Crippen molar-refractivity contribution in [1.29, 1.82) is 0 Å². The molecule has 1 fully saturated rings. The second-order valence-electron chi connectivity index (χ2n) is 6.41. The molecule has 1 N–H and O–H groups in total. The molecule has 1 aliphatic rings. The van der Waals surface area contributed by atoms with Crippen molar-refractivity contribution in [3.05, 3.63) is 18.0 Å².